The second kappa shape index (κ2) is 9.38. The highest BCUT2D eigenvalue weighted by Crippen LogP contribution is 2.32. The molecule has 0 radical (unpaired) electrons. The molecule has 162 valence electrons. The van der Waals surface area contributed by atoms with Crippen molar-refractivity contribution >= 4 is 21.6 Å². The van der Waals surface area contributed by atoms with E-state index in [0.717, 1.165) is 30.0 Å². The predicted octanol–water partition coefficient (Wildman–Crippen LogP) is 3.30. The molecule has 0 bridgehead atoms. The van der Waals surface area contributed by atoms with Gasteiger partial charge in [0.15, 0.2) is 11.5 Å². The largest absolute Gasteiger partial charge is 0.493 e. The first-order valence-electron chi connectivity index (χ1n) is 9.94. The first-order chi connectivity index (χ1) is 14.4. The molecule has 0 heterocycles. The second-order valence-electron chi connectivity index (χ2n) is 7.31. The topological polar surface area (TPSA) is 76.2 Å². The van der Waals surface area contributed by atoms with Gasteiger partial charge in [0.05, 0.1) is 24.8 Å². The van der Waals surface area contributed by atoms with Crippen molar-refractivity contribution in [3.05, 3.63) is 48.5 Å². The van der Waals surface area contributed by atoms with E-state index in [4.69, 9.17) is 9.47 Å². The van der Waals surface area contributed by atoms with E-state index in [1.54, 1.807) is 48.3 Å². The maximum Gasteiger partial charge on any atom is 0.264 e. The summed E-state index contributed by atoms with van der Waals surface area (Å²) in [7, 11) is 0.675. The third-order valence-electron chi connectivity index (χ3n) is 5.53. The number of carbonyl (C=O) groups excluding carboxylic acids is 1. The molecule has 30 heavy (non-hydrogen) atoms. The maximum atomic E-state index is 13.5. The number of sulfonamides is 1. The van der Waals surface area contributed by atoms with Gasteiger partial charge in [-0.1, -0.05) is 31.0 Å². The number of ether oxygens (including phenoxy) is 2. The Morgan fingerprint density at radius 2 is 1.63 bits per heavy atom. The minimum absolute atomic E-state index is 0.0281. The molecule has 0 saturated heterocycles. The molecule has 1 aliphatic rings. The van der Waals surface area contributed by atoms with Crippen LogP contribution < -0.4 is 13.8 Å². The Morgan fingerprint density at radius 1 is 1.00 bits per heavy atom. The lowest BCUT2D eigenvalue weighted by Gasteiger charge is -2.29. The summed E-state index contributed by atoms with van der Waals surface area (Å²) in [6.45, 7) is -0.270. The first kappa shape index (κ1) is 22.0. The molecule has 1 amide bonds. The van der Waals surface area contributed by atoms with E-state index >= 15 is 0 Å². The third kappa shape index (κ3) is 4.53. The van der Waals surface area contributed by atoms with Crippen LogP contribution in [0.2, 0.25) is 0 Å². The van der Waals surface area contributed by atoms with E-state index in [-0.39, 0.29) is 23.4 Å². The molecule has 0 atom stereocenters. The van der Waals surface area contributed by atoms with Gasteiger partial charge in [-0.3, -0.25) is 9.10 Å². The quantitative estimate of drug-likeness (QED) is 0.640. The number of methoxy groups -OCH3 is 2. The minimum Gasteiger partial charge on any atom is -0.493 e. The SMILES string of the molecule is COc1ccc(S(=O)(=O)N(CC(=O)N(C)C2CCCC2)c2ccccc2)cc1OC. The van der Waals surface area contributed by atoms with Crippen LogP contribution in [0.15, 0.2) is 53.4 Å². The summed E-state index contributed by atoms with van der Waals surface area (Å²) >= 11 is 0. The molecule has 3 rings (SSSR count). The number of rotatable bonds is 8. The predicted molar refractivity (Wildman–Crippen MR) is 116 cm³/mol. The fourth-order valence-electron chi connectivity index (χ4n) is 3.74. The average molecular weight is 433 g/mol. The molecule has 0 aromatic heterocycles. The lowest BCUT2D eigenvalue weighted by atomic mass is 10.2. The summed E-state index contributed by atoms with van der Waals surface area (Å²) in [6.07, 6.45) is 4.09. The van der Waals surface area contributed by atoms with Crippen molar-refractivity contribution in [3.8, 4) is 11.5 Å². The lowest BCUT2D eigenvalue weighted by molar-refractivity contribution is -0.130. The van der Waals surface area contributed by atoms with Crippen molar-refractivity contribution in [2.24, 2.45) is 0 Å². The van der Waals surface area contributed by atoms with Crippen LogP contribution in [-0.2, 0) is 14.8 Å². The van der Waals surface area contributed by atoms with Gasteiger partial charge in [0.25, 0.3) is 10.0 Å². The minimum atomic E-state index is -4.01. The standard InChI is InChI=1S/C22H28N2O5S/c1-23(17-9-7-8-10-17)22(25)16-24(18-11-5-4-6-12-18)30(26,27)19-13-14-20(28-2)21(15-19)29-3/h4-6,11-15,17H,7-10,16H2,1-3H3. The Kier molecular flexibility index (Phi) is 6.87. The molecular formula is C22H28N2O5S. The molecule has 1 saturated carbocycles. The summed E-state index contributed by atoms with van der Waals surface area (Å²) in [6, 6.07) is 13.2. The van der Waals surface area contributed by atoms with Crippen LogP contribution in [0, 0.1) is 0 Å². The second-order valence-corrected chi connectivity index (χ2v) is 9.17. The first-order valence-corrected chi connectivity index (χ1v) is 11.4. The fraction of sp³-hybridized carbons (Fsp3) is 0.409. The average Bonchev–Trinajstić information content (AvgIpc) is 3.31. The Labute approximate surface area is 178 Å². The molecular weight excluding hydrogens is 404 g/mol. The van der Waals surface area contributed by atoms with Gasteiger partial charge in [-0.25, -0.2) is 8.42 Å². The molecule has 7 nitrogen and oxygen atoms in total. The molecule has 0 spiro atoms. The molecule has 0 aliphatic heterocycles. The zero-order valence-electron chi connectivity index (χ0n) is 17.6. The van der Waals surface area contributed by atoms with E-state index in [9.17, 15) is 13.2 Å². The number of hydrogen-bond acceptors (Lipinski definition) is 5. The van der Waals surface area contributed by atoms with Crippen molar-refractivity contribution < 1.29 is 22.7 Å². The molecule has 1 fully saturated rings. The molecule has 0 unspecified atom stereocenters. The van der Waals surface area contributed by atoms with Gasteiger partial charge < -0.3 is 14.4 Å². The summed E-state index contributed by atoms with van der Waals surface area (Å²) in [4.78, 5) is 14.7. The maximum absolute atomic E-state index is 13.5. The van der Waals surface area contributed by atoms with Crippen LogP contribution >= 0.6 is 0 Å². The van der Waals surface area contributed by atoms with E-state index in [1.807, 2.05) is 0 Å². The third-order valence-corrected chi connectivity index (χ3v) is 7.30. The summed E-state index contributed by atoms with van der Waals surface area (Å²) < 4.78 is 38.7. The van der Waals surface area contributed by atoms with Gasteiger partial charge >= 0.3 is 0 Å². The molecule has 8 heteroatoms. The molecule has 0 N–H and O–H groups in total. The van der Waals surface area contributed by atoms with Gasteiger partial charge in [0.1, 0.15) is 6.54 Å². The summed E-state index contributed by atoms with van der Waals surface area (Å²) in [5.41, 5.74) is 0.431. The number of amides is 1. The Hall–Kier alpha value is -2.74. The van der Waals surface area contributed by atoms with Crippen molar-refractivity contribution in [3.63, 3.8) is 0 Å². The van der Waals surface area contributed by atoms with E-state index in [0.29, 0.717) is 17.2 Å². The van der Waals surface area contributed by atoms with Gasteiger partial charge in [0, 0.05) is 19.2 Å². The number of anilines is 1. The highest BCUT2D eigenvalue weighted by molar-refractivity contribution is 7.92. The number of hydrogen-bond donors (Lipinski definition) is 0. The smallest absolute Gasteiger partial charge is 0.264 e. The Bertz CT molecular complexity index is 972. The summed E-state index contributed by atoms with van der Waals surface area (Å²) in [5.74, 6) is 0.510. The number of benzene rings is 2. The zero-order valence-corrected chi connectivity index (χ0v) is 18.4. The van der Waals surface area contributed by atoms with Crippen LogP contribution in [0.4, 0.5) is 5.69 Å². The lowest BCUT2D eigenvalue weighted by Crippen LogP contribution is -2.44. The summed E-state index contributed by atoms with van der Waals surface area (Å²) in [5, 5.41) is 0. The Morgan fingerprint density at radius 3 is 2.23 bits per heavy atom. The van der Waals surface area contributed by atoms with Gasteiger partial charge in [-0.15, -0.1) is 0 Å². The van der Waals surface area contributed by atoms with Gasteiger partial charge in [-0.05, 0) is 37.1 Å². The molecule has 2 aromatic rings. The number of carbonyl (C=O) groups is 1. The van der Waals surface area contributed by atoms with Crippen LogP contribution in [0.5, 0.6) is 11.5 Å². The highest BCUT2D eigenvalue weighted by atomic mass is 32.2. The molecule has 2 aromatic carbocycles. The van der Waals surface area contributed by atoms with Gasteiger partial charge in [0.2, 0.25) is 5.91 Å². The number of para-hydroxylation sites is 1. The van der Waals surface area contributed by atoms with Crippen LogP contribution in [-0.4, -0.2) is 53.1 Å². The van der Waals surface area contributed by atoms with Crippen molar-refractivity contribution in [2.45, 2.75) is 36.6 Å². The van der Waals surface area contributed by atoms with E-state index in [1.165, 1.54) is 26.4 Å². The van der Waals surface area contributed by atoms with Crippen molar-refractivity contribution in [1.29, 1.82) is 0 Å². The Balaban J connectivity index is 1.96. The zero-order chi connectivity index (χ0) is 21.7. The normalized spacial score (nSPS) is 14.4. The van der Waals surface area contributed by atoms with Crippen molar-refractivity contribution in [1.82, 2.24) is 4.90 Å². The highest BCUT2D eigenvalue weighted by Gasteiger charge is 2.31. The fourth-order valence-corrected chi connectivity index (χ4v) is 5.17. The molecule has 1 aliphatic carbocycles. The van der Waals surface area contributed by atoms with E-state index in [2.05, 4.69) is 0 Å². The van der Waals surface area contributed by atoms with E-state index < -0.39 is 10.0 Å². The van der Waals surface area contributed by atoms with Crippen LogP contribution in [0.3, 0.4) is 0 Å². The van der Waals surface area contributed by atoms with Gasteiger partial charge in [-0.2, -0.15) is 0 Å². The number of likely N-dealkylation sites (N-methyl/N-ethyl adjacent to an activating group) is 1. The van der Waals surface area contributed by atoms with Crippen LogP contribution in [0.25, 0.3) is 0 Å². The number of nitrogens with zero attached hydrogens (tertiary/aromatic N) is 2. The van der Waals surface area contributed by atoms with Crippen LogP contribution in [0.1, 0.15) is 25.7 Å². The monoisotopic (exact) mass is 432 g/mol. The van der Waals surface area contributed by atoms with Crippen molar-refractivity contribution in [2.75, 3.05) is 32.1 Å².